The number of phenolic OH excluding ortho intramolecular Hbond substituents is 3. The fourth-order valence-corrected chi connectivity index (χ4v) is 2.08. The number of carbonyl (C=O) groups is 1. The van der Waals surface area contributed by atoms with E-state index in [-0.39, 0.29) is 23.2 Å². The molecule has 0 unspecified atom stereocenters. The van der Waals surface area contributed by atoms with Crippen LogP contribution in [-0.2, 0) is 11.2 Å². The van der Waals surface area contributed by atoms with Crippen LogP contribution in [0.1, 0.15) is 11.1 Å². The molecule has 0 aliphatic carbocycles. The number of hydrogen-bond acceptors (Lipinski definition) is 5. The number of benzene rings is 2. The summed E-state index contributed by atoms with van der Waals surface area (Å²) < 4.78 is 5.03. The van der Waals surface area contributed by atoms with Gasteiger partial charge in [-0.25, -0.2) is 0 Å². The summed E-state index contributed by atoms with van der Waals surface area (Å²) in [6, 6.07) is 9.33. The highest BCUT2D eigenvalue weighted by molar-refractivity contribution is 5.91. The number of aromatic hydroxyl groups is 3. The molecule has 6 heteroatoms. The third kappa shape index (κ3) is 4.67. The molecule has 2 aromatic rings. The quantitative estimate of drug-likeness (QED) is 0.481. The molecule has 6 nitrogen and oxygen atoms in total. The zero-order valence-corrected chi connectivity index (χ0v) is 13.2. The molecule has 4 N–H and O–H groups in total. The van der Waals surface area contributed by atoms with E-state index in [0.717, 1.165) is 5.56 Å². The zero-order valence-electron chi connectivity index (χ0n) is 13.2. The first-order valence-electron chi connectivity index (χ1n) is 7.33. The van der Waals surface area contributed by atoms with Crippen molar-refractivity contribution in [3.05, 3.63) is 53.6 Å². The standard InChI is InChI=1S/C18H19NO5/c1-24-17-11-13(3-6-15(17)21)8-9-19-18(23)7-4-12-2-5-14(20)16(22)10-12/h2-7,10-11,20-22H,8-9H2,1H3,(H,19,23)/b7-4-. The molecule has 0 radical (unpaired) electrons. The van der Waals surface area contributed by atoms with E-state index in [9.17, 15) is 20.1 Å². The van der Waals surface area contributed by atoms with Crippen LogP contribution < -0.4 is 10.1 Å². The average Bonchev–Trinajstić information content (AvgIpc) is 2.57. The van der Waals surface area contributed by atoms with Gasteiger partial charge in [-0.15, -0.1) is 0 Å². The number of rotatable bonds is 6. The normalized spacial score (nSPS) is 10.7. The number of ether oxygens (including phenoxy) is 1. The third-order valence-electron chi connectivity index (χ3n) is 3.38. The average molecular weight is 329 g/mol. The first kappa shape index (κ1) is 17.2. The lowest BCUT2D eigenvalue weighted by Gasteiger charge is -2.07. The Morgan fingerprint density at radius 1 is 1.08 bits per heavy atom. The van der Waals surface area contributed by atoms with Crippen molar-refractivity contribution in [2.24, 2.45) is 0 Å². The second kappa shape index (κ2) is 7.92. The van der Waals surface area contributed by atoms with Crippen molar-refractivity contribution in [2.45, 2.75) is 6.42 Å². The molecular formula is C18H19NO5. The van der Waals surface area contributed by atoms with Gasteiger partial charge in [0, 0.05) is 12.6 Å². The molecule has 0 aromatic heterocycles. The van der Waals surface area contributed by atoms with E-state index in [4.69, 9.17) is 4.74 Å². The SMILES string of the molecule is COc1cc(CCNC(=O)/C=C\c2ccc(O)c(O)c2)ccc1O. The van der Waals surface area contributed by atoms with Crippen LogP contribution in [0.25, 0.3) is 6.08 Å². The van der Waals surface area contributed by atoms with E-state index in [1.807, 2.05) is 0 Å². The Morgan fingerprint density at radius 2 is 1.83 bits per heavy atom. The number of hydrogen-bond donors (Lipinski definition) is 4. The molecule has 2 rings (SSSR count). The van der Waals surface area contributed by atoms with Crippen molar-refractivity contribution in [2.75, 3.05) is 13.7 Å². The third-order valence-corrected chi connectivity index (χ3v) is 3.38. The first-order valence-corrected chi connectivity index (χ1v) is 7.33. The topological polar surface area (TPSA) is 99.0 Å². The Balaban J connectivity index is 1.84. The van der Waals surface area contributed by atoms with E-state index in [1.54, 1.807) is 24.3 Å². The van der Waals surface area contributed by atoms with E-state index in [2.05, 4.69) is 5.32 Å². The minimum atomic E-state index is -0.270. The number of nitrogens with one attached hydrogen (secondary N) is 1. The Morgan fingerprint density at radius 3 is 2.54 bits per heavy atom. The summed E-state index contributed by atoms with van der Waals surface area (Å²) in [5, 5.41) is 30.9. The molecule has 2 aromatic carbocycles. The maximum Gasteiger partial charge on any atom is 0.244 e. The first-order chi connectivity index (χ1) is 11.5. The summed E-state index contributed by atoms with van der Waals surface area (Å²) in [6.07, 6.45) is 3.48. The molecule has 0 aliphatic heterocycles. The second-order valence-corrected chi connectivity index (χ2v) is 5.13. The van der Waals surface area contributed by atoms with Gasteiger partial charge in [-0.05, 0) is 47.9 Å². The van der Waals surface area contributed by atoms with Crippen LogP contribution in [0.15, 0.2) is 42.5 Å². The zero-order chi connectivity index (χ0) is 17.5. The van der Waals surface area contributed by atoms with Crippen LogP contribution in [-0.4, -0.2) is 34.9 Å². The number of phenols is 3. The number of amides is 1. The fourth-order valence-electron chi connectivity index (χ4n) is 2.08. The van der Waals surface area contributed by atoms with Crippen molar-refractivity contribution >= 4 is 12.0 Å². The molecule has 0 saturated heterocycles. The summed E-state index contributed by atoms with van der Waals surface area (Å²) in [5.74, 6) is -0.246. The highest BCUT2D eigenvalue weighted by Crippen LogP contribution is 2.26. The van der Waals surface area contributed by atoms with Crippen LogP contribution in [0.5, 0.6) is 23.0 Å². The summed E-state index contributed by atoms with van der Waals surface area (Å²) in [4.78, 5) is 11.8. The lowest BCUT2D eigenvalue weighted by Crippen LogP contribution is -2.23. The Bertz CT molecular complexity index is 755. The van der Waals surface area contributed by atoms with Gasteiger partial charge in [-0.1, -0.05) is 12.1 Å². The molecule has 0 bridgehead atoms. The van der Waals surface area contributed by atoms with Crippen LogP contribution in [0.4, 0.5) is 0 Å². The lowest BCUT2D eigenvalue weighted by molar-refractivity contribution is -0.116. The maximum atomic E-state index is 11.8. The van der Waals surface area contributed by atoms with Gasteiger partial charge in [0.1, 0.15) is 0 Å². The summed E-state index contributed by atoms with van der Waals surface area (Å²) >= 11 is 0. The molecular weight excluding hydrogens is 310 g/mol. The summed E-state index contributed by atoms with van der Waals surface area (Å²) in [5.41, 5.74) is 1.53. The Hall–Kier alpha value is -3.15. The largest absolute Gasteiger partial charge is 0.504 e. The van der Waals surface area contributed by atoms with E-state index in [1.165, 1.54) is 31.4 Å². The molecule has 0 fully saturated rings. The molecule has 0 atom stereocenters. The van der Waals surface area contributed by atoms with Crippen molar-refractivity contribution in [1.82, 2.24) is 5.32 Å². The van der Waals surface area contributed by atoms with Crippen molar-refractivity contribution < 1.29 is 24.9 Å². The monoisotopic (exact) mass is 329 g/mol. The van der Waals surface area contributed by atoms with Crippen molar-refractivity contribution in [3.8, 4) is 23.0 Å². The minimum Gasteiger partial charge on any atom is -0.504 e. The Labute approximate surface area is 139 Å². The molecule has 24 heavy (non-hydrogen) atoms. The van der Waals surface area contributed by atoms with Crippen LogP contribution in [0, 0.1) is 0 Å². The van der Waals surface area contributed by atoms with E-state index >= 15 is 0 Å². The molecule has 126 valence electrons. The molecule has 0 heterocycles. The summed E-state index contributed by atoms with van der Waals surface area (Å²) in [6.45, 7) is 0.429. The number of carbonyl (C=O) groups excluding carboxylic acids is 1. The molecule has 0 saturated carbocycles. The Kier molecular flexibility index (Phi) is 5.68. The minimum absolute atomic E-state index is 0.0744. The smallest absolute Gasteiger partial charge is 0.244 e. The predicted molar refractivity (Wildman–Crippen MR) is 90.2 cm³/mol. The van der Waals surface area contributed by atoms with Gasteiger partial charge >= 0.3 is 0 Å². The highest BCUT2D eigenvalue weighted by Gasteiger charge is 2.03. The van der Waals surface area contributed by atoms with Gasteiger partial charge in [0.25, 0.3) is 0 Å². The van der Waals surface area contributed by atoms with Gasteiger partial charge in [-0.2, -0.15) is 0 Å². The summed E-state index contributed by atoms with van der Waals surface area (Å²) in [7, 11) is 1.48. The van der Waals surface area contributed by atoms with Crippen molar-refractivity contribution in [3.63, 3.8) is 0 Å². The highest BCUT2D eigenvalue weighted by atomic mass is 16.5. The molecule has 1 amide bonds. The second-order valence-electron chi connectivity index (χ2n) is 5.13. The van der Waals surface area contributed by atoms with Gasteiger partial charge in [0.2, 0.25) is 5.91 Å². The van der Waals surface area contributed by atoms with E-state index in [0.29, 0.717) is 24.3 Å². The predicted octanol–water partition coefficient (Wildman–Crippen LogP) is 2.18. The van der Waals surface area contributed by atoms with E-state index < -0.39 is 0 Å². The van der Waals surface area contributed by atoms with Gasteiger partial charge < -0.3 is 25.4 Å². The van der Waals surface area contributed by atoms with Crippen LogP contribution in [0.3, 0.4) is 0 Å². The van der Waals surface area contributed by atoms with Gasteiger partial charge in [0.15, 0.2) is 23.0 Å². The van der Waals surface area contributed by atoms with Crippen LogP contribution >= 0.6 is 0 Å². The fraction of sp³-hybridized carbons (Fsp3) is 0.167. The number of methoxy groups -OCH3 is 1. The lowest BCUT2D eigenvalue weighted by atomic mass is 10.1. The molecule has 0 aliphatic rings. The van der Waals surface area contributed by atoms with Crippen molar-refractivity contribution in [1.29, 1.82) is 0 Å². The maximum absolute atomic E-state index is 11.8. The van der Waals surface area contributed by atoms with Gasteiger partial charge in [-0.3, -0.25) is 4.79 Å². The van der Waals surface area contributed by atoms with Gasteiger partial charge in [0.05, 0.1) is 7.11 Å². The van der Waals surface area contributed by atoms with Crippen LogP contribution in [0.2, 0.25) is 0 Å². The molecule has 0 spiro atoms.